The molecule has 0 saturated heterocycles. The van der Waals surface area contributed by atoms with Crippen LogP contribution < -0.4 is 10.6 Å². The maximum atomic E-state index is 5.79. The Hall–Kier alpha value is -1.03. The molecule has 1 unspecified atom stereocenters. The van der Waals surface area contributed by atoms with Crippen LogP contribution in [0.4, 0.5) is 11.8 Å². The molecule has 0 spiro atoms. The molecule has 0 aromatic carbocycles. The Labute approximate surface area is 102 Å². The lowest BCUT2D eigenvalue weighted by Gasteiger charge is -2.27. The molecule has 16 heavy (non-hydrogen) atoms. The van der Waals surface area contributed by atoms with Crippen molar-refractivity contribution in [3.8, 4) is 0 Å². The second-order valence-electron chi connectivity index (χ2n) is 3.86. The Morgan fingerprint density at radius 3 is 2.69 bits per heavy atom. The van der Waals surface area contributed by atoms with Crippen LogP contribution in [-0.4, -0.2) is 23.1 Å². The molecule has 0 saturated carbocycles. The molecule has 1 aromatic rings. The van der Waals surface area contributed by atoms with E-state index in [1.54, 1.807) is 6.20 Å². The minimum Gasteiger partial charge on any atom is -0.382 e. The molecule has 0 fully saturated rings. The van der Waals surface area contributed by atoms with Gasteiger partial charge in [-0.2, -0.15) is 4.98 Å². The lowest BCUT2D eigenvalue weighted by atomic mass is 10.1. The zero-order chi connectivity index (χ0) is 12.1. The zero-order valence-electron chi connectivity index (χ0n) is 10.1. The van der Waals surface area contributed by atoms with Crippen LogP contribution in [0.5, 0.6) is 0 Å². The first-order chi connectivity index (χ1) is 7.60. The fourth-order valence-electron chi connectivity index (χ4n) is 1.71. The summed E-state index contributed by atoms with van der Waals surface area (Å²) in [6.07, 6.45) is 4.88. The highest BCUT2D eigenvalue weighted by atomic mass is 35.5. The number of nitrogen functional groups attached to an aromatic ring is 1. The van der Waals surface area contributed by atoms with Crippen molar-refractivity contribution in [2.75, 3.05) is 17.7 Å². The zero-order valence-corrected chi connectivity index (χ0v) is 10.8. The van der Waals surface area contributed by atoms with Crippen LogP contribution in [0.1, 0.15) is 33.1 Å². The van der Waals surface area contributed by atoms with E-state index in [9.17, 15) is 0 Å². The summed E-state index contributed by atoms with van der Waals surface area (Å²) in [4.78, 5) is 10.4. The second kappa shape index (κ2) is 5.89. The van der Waals surface area contributed by atoms with E-state index < -0.39 is 0 Å². The standard InChI is InChI=1S/C11H19ClN4/c1-4-6-8(5-2)16(3)11-14-7-9(12)10(13)15-11/h7-8H,4-6H2,1-3H3,(H2,13,14,15). The number of rotatable bonds is 5. The molecule has 0 amide bonds. The van der Waals surface area contributed by atoms with E-state index in [4.69, 9.17) is 17.3 Å². The van der Waals surface area contributed by atoms with Crippen molar-refractivity contribution in [1.82, 2.24) is 9.97 Å². The summed E-state index contributed by atoms with van der Waals surface area (Å²) in [6, 6.07) is 0.450. The van der Waals surface area contributed by atoms with Gasteiger partial charge in [0.15, 0.2) is 0 Å². The molecule has 1 atom stereocenters. The van der Waals surface area contributed by atoms with E-state index in [2.05, 4.69) is 28.7 Å². The van der Waals surface area contributed by atoms with E-state index >= 15 is 0 Å². The average Bonchev–Trinajstić information content (AvgIpc) is 2.28. The van der Waals surface area contributed by atoms with Gasteiger partial charge in [-0.1, -0.05) is 31.9 Å². The van der Waals surface area contributed by atoms with E-state index in [1.165, 1.54) is 0 Å². The number of anilines is 2. The molecule has 0 aliphatic heterocycles. The fraction of sp³-hybridized carbons (Fsp3) is 0.636. The highest BCUT2D eigenvalue weighted by Gasteiger charge is 2.15. The Morgan fingerprint density at radius 2 is 2.19 bits per heavy atom. The SMILES string of the molecule is CCCC(CC)N(C)c1ncc(Cl)c(N)n1. The molecule has 90 valence electrons. The lowest BCUT2D eigenvalue weighted by Crippen LogP contribution is -2.32. The quantitative estimate of drug-likeness (QED) is 0.863. The molecule has 1 rings (SSSR count). The van der Waals surface area contributed by atoms with Crippen LogP contribution in [0, 0.1) is 0 Å². The Bertz CT molecular complexity index is 343. The third-order valence-corrected chi connectivity index (χ3v) is 3.01. The molecule has 4 nitrogen and oxygen atoms in total. The summed E-state index contributed by atoms with van der Waals surface area (Å²) < 4.78 is 0. The maximum absolute atomic E-state index is 5.79. The fourth-order valence-corrected chi connectivity index (χ4v) is 1.80. The van der Waals surface area contributed by atoms with Crippen LogP contribution >= 0.6 is 11.6 Å². The minimum atomic E-state index is 0.338. The molecule has 0 bridgehead atoms. The molecule has 0 aliphatic rings. The van der Waals surface area contributed by atoms with Gasteiger partial charge in [0.25, 0.3) is 0 Å². The molecule has 2 N–H and O–H groups in total. The van der Waals surface area contributed by atoms with Gasteiger partial charge in [-0.15, -0.1) is 0 Å². The van der Waals surface area contributed by atoms with Gasteiger partial charge >= 0.3 is 0 Å². The average molecular weight is 243 g/mol. The van der Waals surface area contributed by atoms with Gasteiger partial charge in [-0.05, 0) is 12.8 Å². The predicted molar refractivity (Wildman–Crippen MR) is 68.8 cm³/mol. The van der Waals surface area contributed by atoms with Crippen molar-refractivity contribution in [3.05, 3.63) is 11.2 Å². The first-order valence-electron chi connectivity index (χ1n) is 5.61. The molecular formula is C11H19ClN4. The monoisotopic (exact) mass is 242 g/mol. The number of nitrogens with two attached hydrogens (primary N) is 1. The largest absolute Gasteiger partial charge is 0.382 e. The highest BCUT2D eigenvalue weighted by Crippen LogP contribution is 2.20. The van der Waals surface area contributed by atoms with E-state index in [1.807, 2.05) is 7.05 Å². The molecule has 1 aromatic heterocycles. The molecule has 0 aliphatic carbocycles. The van der Waals surface area contributed by atoms with E-state index in [0.717, 1.165) is 19.3 Å². The first-order valence-corrected chi connectivity index (χ1v) is 5.98. The Kier molecular flexibility index (Phi) is 4.80. The molecule has 5 heteroatoms. The van der Waals surface area contributed by atoms with Gasteiger partial charge in [-0.3, -0.25) is 0 Å². The van der Waals surface area contributed by atoms with Crippen molar-refractivity contribution in [2.24, 2.45) is 0 Å². The van der Waals surface area contributed by atoms with Gasteiger partial charge in [0, 0.05) is 13.1 Å². The van der Waals surface area contributed by atoms with Crippen molar-refractivity contribution in [2.45, 2.75) is 39.2 Å². The van der Waals surface area contributed by atoms with Gasteiger partial charge in [0.1, 0.15) is 10.8 Å². The topological polar surface area (TPSA) is 55.0 Å². The minimum absolute atomic E-state index is 0.338. The van der Waals surface area contributed by atoms with Gasteiger partial charge in [-0.25, -0.2) is 4.98 Å². The van der Waals surface area contributed by atoms with Crippen molar-refractivity contribution in [1.29, 1.82) is 0 Å². The summed E-state index contributed by atoms with van der Waals surface area (Å²) >= 11 is 5.79. The molecular weight excluding hydrogens is 224 g/mol. The third kappa shape index (κ3) is 2.98. The van der Waals surface area contributed by atoms with Gasteiger partial charge in [0.05, 0.1) is 6.20 Å². The van der Waals surface area contributed by atoms with Gasteiger partial charge in [0.2, 0.25) is 5.95 Å². The predicted octanol–water partition coefficient (Wildman–Crippen LogP) is 2.73. The summed E-state index contributed by atoms with van der Waals surface area (Å²) in [7, 11) is 1.99. The second-order valence-corrected chi connectivity index (χ2v) is 4.27. The number of aromatic nitrogens is 2. The van der Waals surface area contributed by atoms with Crippen LogP contribution in [0.15, 0.2) is 6.20 Å². The first kappa shape index (κ1) is 13.0. The summed E-state index contributed by atoms with van der Waals surface area (Å²) in [5.74, 6) is 0.979. The number of halogens is 1. The number of nitrogens with zero attached hydrogens (tertiary/aromatic N) is 3. The van der Waals surface area contributed by atoms with Crippen LogP contribution in [-0.2, 0) is 0 Å². The van der Waals surface area contributed by atoms with E-state index in [0.29, 0.717) is 22.8 Å². The molecule has 1 heterocycles. The van der Waals surface area contributed by atoms with Crippen molar-refractivity contribution in [3.63, 3.8) is 0 Å². The van der Waals surface area contributed by atoms with Crippen molar-refractivity contribution >= 4 is 23.4 Å². The van der Waals surface area contributed by atoms with E-state index in [-0.39, 0.29) is 0 Å². The number of hydrogen-bond donors (Lipinski definition) is 1. The number of hydrogen-bond acceptors (Lipinski definition) is 4. The molecule has 0 radical (unpaired) electrons. The summed E-state index contributed by atoms with van der Waals surface area (Å²) in [5, 5.41) is 0.403. The van der Waals surface area contributed by atoms with Crippen LogP contribution in [0.2, 0.25) is 5.02 Å². The normalized spacial score (nSPS) is 12.5. The maximum Gasteiger partial charge on any atom is 0.227 e. The van der Waals surface area contributed by atoms with Crippen molar-refractivity contribution < 1.29 is 0 Å². The Morgan fingerprint density at radius 1 is 1.50 bits per heavy atom. The smallest absolute Gasteiger partial charge is 0.227 e. The van der Waals surface area contributed by atoms with Gasteiger partial charge < -0.3 is 10.6 Å². The van der Waals surface area contributed by atoms with Crippen LogP contribution in [0.3, 0.4) is 0 Å². The summed E-state index contributed by atoms with van der Waals surface area (Å²) in [5.41, 5.74) is 5.66. The summed E-state index contributed by atoms with van der Waals surface area (Å²) in [6.45, 7) is 4.34. The highest BCUT2D eigenvalue weighted by molar-refractivity contribution is 6.32. The third-order valence-electron chi connectivity index (χ3n) is 2.71. The lowest BCUT2D eigenvalue weighted by molar-refractivity contribution is 0.548. The Balaban J connectivity index is 2.85. The van der Waals surface area contributed by atoms with Crippen LogP contribution in [0.25, 0.3) is 0 Å².